The summed E-state index contributed by atoms with van der Waals surface area (Å²) in [6, 6.07) is 0. The molecule has 0 saturated heterocycles. The van der Waals surface area contributed by atoms with Crippen molar-refractivity contribution in [1.29, 1.82) is 0 Å². The quantitative estimate of drug-likeness (QED) is 0.334. The Labute approximate surface area is 69.6 Å². The Morgan fingerprint density at radius 3 is 2.50 bits per heavy atom. The van der Waals surface area contributed by atoms with Crippen molar-refractivity contribution < 1.29 is 23.9 Å². The van der Waals surface area contributed by atoms with Gasteiger partial charge in [0, 0.05) is 6.42 Å². The Kier molecular flexibility index (Phi) is 5.60. The molecule has 0 aromatic rings. The molecule has 0 aromatic heterocycles. The highest BCUT2D eigenvalue weighted by Gasteiger charge is 2.06. The minimum atomic E-state index is -0.866. The smallest absolute Gasteiger partial charge is 0.351 e. The Balaban J connectivity index is 3.46. The minimum absolute atomic E-state index is 0.00398. The Morgan fingerprint density at radius 1 is 1.33 bits per heavy atom. The van der Waals surface area contributed by atoms with Gasteiger partial charge >= 0.3 is 18.4 Å². The maximum Gasteiger partial charge on any atom is 0.351 e. The van der Waals surface area contributed by atoms with Crippen molar-refractivity contribution in [2.75, 3.05) is 6.61 Å². The van der Waals surface area contributed by atoms with Crippen LogP contribution in [0.4, 0.5) is 0 Å². The molecule has 12 heavy (non-hydrogen) atoms. The molecule has 68 valence electrons. The molecule has 0 saturated carbocycles. The van der Waals surface area contributed by atoms with Gasteiger partial charge in [0.25, 0.3) is 0 Å². The molecule has 0 N–H and O–H groups in total. The van der Waals surface area contributed by atoms with Crippen LogP contribution in [-0.2, 0) is 23.9 Å². The van der Waals surface area contributed by atoms with E-state index in [-0.39, 0.29) is 12.9 Å². The standard InChI is InChI=1S/C7H10O5/c1-2-3-6(9)11-4-7(10)12-5-8/h5H,2-4H2,1H3. The maximum absolute atomic E-state index is 10.6. The summed E-state index contributed by atoms with van der Waals surface area (Å²) in [5.74, 6) is -1.34. The van der Waals surface area contributed by atoms with E-state index in [1.54, 1.807) is 0 Å². The number of ether oxygens (including phenoxy) is 2. The lowest BCUT2D eigenvalue weighted by atomic mass is 10.3. The molecule has 0 bridgehead atoms. The Hall–Kier alpha value is -1.39. The Morgan fingerprint density at radius 2 is 2.00 bits per heavy atom. The van der Waals surface area contributed by atoms with Crippen LogP contribution in [0.1, 0.15) is 19.8 Å². The molecule has 0 rings (SSSR count). The van der Waals surface area contributed by atoms with Gasteiger partial charge in [-0.3, -0.25) is 9.59 Å². The maximum atomic E-state index is 10.6. The first-order valence-electron chi connectivity index (χ1n) is 3.49. The summed E-state index contributed by atoms with van der Waals surface area (Å²) in [4.78, 5) is 30.7. The van der Waals surface area contributed by atoms with Gasteiger partial charge in [0.1, 0.15) is 0 Å². The molecule has 0 amide bonds. The van der Waals surface area contributed by atoms with Crippen LogP contribution in [-0.4, -0.2) is 25.0 Å². The third-order valence-corrected chi connectivity index (χ3v) is 0.985. The number of hydrogen-bond donors (Lipinski definition) is 0. The number of rotatable bonds is 5. The second-order valence-electron chi connectivity index (χ2n) is 2.00. The van der Waals surface area contributed by atoms with E-state index in [1.807, 2.05) is 6.92 Å². The zero-order chi connectivity index (χ0) is 9.40. The van der Waals surface area contributed by atoms with Crippen molar-refractivity contribution in [3.05, 3.63) is 0 Å². The van der Waals surface area contributed by atoms with Gasteiger partial charge < -0.3 is 9.47 Å². The third kappa shape index (κ3) is 5.40. The van der Waals surface area contributed by atoms with Crippen LogP contribution < -0.4 is 0 Å². The van der Waals surface area contributed by atoms with E-state index < -0.39 is 18.5 Å². The van der Waals surface area contributed by atoms with Gasteiger partial charge in [-0.05, 0) is 6.42 Å². The van der Waals surface area contributed by atoms with Crippen LogP contribution in [0.5, 0.6) is 0 Å². The lowest BCUT2D eigenvalue weighted by Crippen LogP contribution is -2.15. The zero-order valence-electron chi connectivity index (χ0n) is 6.74. The van der Waals surface area contributed by atoms with Crippen molar-refractivity contribution in [2.24, 2.45) is 0 Å². The minimum Gasteiger partial charge on any atom is -0.454 e. The topological polar surface area (TPSA) is 69.7 Å². The molecule has 0 unspecified atom stereocenters. The lowest BCUT2D eigenvalue weighted by Gasteiger charge is -2.00. The molecular weight excluding hydrogens is 164 g/mol. The van der Waals surface area contributed by atoms with E-state index in [0.717, 1.165) is 0 Å². The lowest BCUT2D eigenvalue weighted by molar-refractivity contribution is -0.161. The van der Waals surface area contributed by atoms with Crippen LogP contribution in [0.15, 0.2) is 0 Å². The highest BCUT2D eigenvalue weighted by Crippen LogP contribution is 1.90. The molecule has 0 radical (unpaired) electrons. The van der Waals surface area contributed by atoms with Crippen molar-refractivity contribution in [3.63, 3.8) is 0 Å². The van der Waals surface area contributed by atoms with Crippen LogP contribution >= 0.6 is 0 Å². The van der Waals surface area contributed by atoms with Crippen molar-refractivity contribution in [3.8, 4) is 0 Å². The number of carbonyl (C=O) groups is 3. The van der Waals surface area contributed by atoms with Crippen LogP contribution in [0, 0.1) is 0 Å². The summed E-state index contributed by atoms with van der Waals surface area (Å²) in [7, 11) is 0. The second-order valence-corrected chi connectivity index (χ2v) is 2.00. The summed E-state index contributed by atoms with van der Waals surface area (Å²) >= 11 is 0. The van der Waals surface area contributed by atoms with Crippen LogP contribution in [0.3, 0.4) is 0 Å². The van der Waals surface area contributed by atoms with Gasteiger partial charge in [-0.15, -0.1) is 0 Å². The summed E-state index contributed by atoms with van der Waals surface area (Å²) < 4.78 is 8.30. The summed E-state index contributed by atoms with van der Waals surface area (Å²) in [6.45, 7) is 1.30. The monoisotopic (exact) mass is 174 g/mol. The first-order chi connectivity index (χ1) is 5.70. The molecule has 0 aliphatic carbocycles. The second kappa shape index (κ2) is 6.33. The molecule has 5 nitrogen and oxygen atoms in total. The predicted molar refractivity (Wildman–Crippen MR) is 38.0 cm³/mol. The summed E-state index contributed by atoms with van der Waals surface area (Å²) in [5.41, 5.74) is 0. The van der Waals surface area contributed by atoms with E-state index in [9.17, 15) is 14.4 Å². The van der Waals surface area contributed by atoms with E-state index in [4.69, 9.17) is 0 Å². The number of esters is 2. The third-order valence-electron chi connectivity index (χ3n) is 0.985. The average Bonchev–Trinajstić information content (AvgIpc) is 2.02. The molecule has 0 aliphatic heterocycles. The van der Waals surface area contributed by atoms with Gasteiger partial charge in [-0.1, -0.05) is 6.92 Å². The van der Waals surface area contributed by atoms with E-state index >= 15 is 0 Å². The zero-order valence-corrected chi connectivity index (χ0v) is 6.74. The average molecular weight is 174 g/mol. The number of hydrogen-bond acceptors (Lipinski definition) is 5. The largest absolute Gasteiger partial charge is 0.454 e. The van der Waals surface area contributed by atoms with Gasteiger partial charge in [0.05, 0.1) is 0 Å². The molecule has 5 heteroatoms. The first kappa shape index (κ1) is 10.6. The molecular formula is C7H10O5. The highest BCUT2D eigenvalue weighted by molar-refractivity contribution is 5.80. The molecule has 0 heterocycles. The van der Waals surface area contributed by atoms with Gasteiger partial charge in [0.2, 0.25) is 0 Å². The van der Waals surface area contributed by atoms with Gasteiger partial charge in [-0.25, -0.2) is 4.79 Å². The fourth-order valence-corrected chi connectivity index (χ4v) is 0.503. The molecule has 0 spiro atoms. The van der Waals surface area contributed by atoms with Crippen molar-refractivity contribution >= 4 is 18.4 Å². The van der Waals surface area contributed by atoms with Crippen LogP contribution in [0.2, 0.25) is 0 Å². The SMILES string of the molecule is CCCC(=O)OCC(=O)OC=O. The fraction of sp³-hybridized carbons (Fsp3) is 0.571. The fourth-order valence-electron chi connectivity index (χ4n) is 0.503. The first-order valence-corrected chi connectivity index (χ1v) is 3.49. The summed E-state index contributed by atoms with van der Waals surface area (Å²) in [5, 5.41) is 0. The molecule has 0 aliphatic rings. The van der Waals surface area contributed by atoms with E-state index in [1.165, 1.54) is 0 Å². The van der Waals surface area contributed by atoms with E-state index in [2.05, 4.69) is 9.47 Å². The molecule has 0 aromatic carbocycles. The van der Waals surface area contributed by atoms with Crippen LogP contribution in [0.25, 0.3) is 0 Å². The van der Waals surface area contributed by atoms with E-state index in [0.29, 0.717) is 6.42 Å². The van der Waals surface area contributed by atoms with Crippen molar-refractivity contribution in [2.45, 2.75) is 19.8 Å². The molecule has 0 fully saturated rings. The van der Waals surface area contributed by atoms with Crippen molar-refractivity contribution in [1.82, 2.24) is 0 Å². The number of carbonyl (C=O) groups excluding carboxylic acids is 3. The van der Waals surface area contributed by atoms with Gasteiger partial charge in [-0.2, -0.15) is 0 Å². The van der Waals surface area contributed by atoms with Gasteiger partial charge in [0.15, 0.2) is 6.61 Å². The normalized spacial score (nSPS) is 8.75. The summed E-state index contributed by atoms with van der Waals surface area (Å²) in [6.07, 6.45) is 0.913. The Bertz CT molecular complexity index is 175. The predicted octanol–water partition coefficient (Wildman–Crippen LogP) is 0.0293. The molecule has 0 atom stereocenters. The highest BCUT2D eigenvalue weighted by atomic mass is 16.6.